The molecule has 0 N–H and O–H groups in total. The maximum absolute atomic E-state index is 11.3. The van der Waals surface area contributed by atoms with Gasteiger partial charge in [0.2, 0.25) is 0 Å². The van der Waals surface area contributed by atoms with Gasteiger partial charge >= 0.3 is 0 Å². The first-order valence-corrected chi connectivity index (χ1v) is 12.0. The number of para-hydroxylation sites is 1. The third kappa shape index (κ3) is 13.2. The fourth-order valence-electron chi connectivity index (χ4n) is 3.59. The second-order valence-corrected chi connectivity index (χ2v) is 8.26. The van der Waals surface area contributed by atoms with E-state index in [1.807, 2.05) is 12.1 Å². The third-order valence-corrected chi connectivity index (χ3v) is 5.56. The summed E-state index contributed by atoms with van der Waals surface area (Å²) in [4.78, 5) is 11.3. The molecule has 1 aromatic carbocycles. The quantitative estimate of drug-likeness (QED) is 0.169. The van der Waals surface area contributed by atoms with Gasteiger partial charge in [-0.05, 0) is 30.2 Å². The highest BCUT2D eigenvalue weighted by Gasteiger charge is 2.08. The first-order valence-electron chi connectivity index (χ1n) is 11.7. The van der Waals surface area contributed by atoms with Crippen molar-refractivity contribution in [2.75, 3.05) is 6.61 Å². The van der Waals surface area contributed by atoms with Gasteiger partial charge < -0.3 is 4.74 Å². The van der Waals surface area contributed by atoms with Gasteiger partial charge in [-0.1, -0.05) is 115 Å². The van der Waals surface area contributed by atoms with Crippen molar-refractivity contribution in [3.05, 3.63) is 29.8 Å². The third-order valence-electron chi connectivity index (χ3n) is 5.35. The van der Waals surface area contributed by atoms with Crippen LogP contribution < -0.4 is 4.74 Å². The van der Waals surface area contributed by atoms with Crippen LogP contribution in [0, 0.1) is 0 Å². The lowest BCUT2D eigenvalue weighted by Gasteiger charge is -2.08. The van der Waals surface area contributed by atoms with Gasteiger partial charge in [-0.15, -0.1) is 0 Å². The van der Waals surface area contributed by atoms with Crippen molar-refractivity contribution in [3.63, 3.8) is 0 Å². The molecule has 0 saturated heterocycles. The number of halogens is 1. The molecular formula is C25H41ClO2. The zero-order chi connectivity index (χ0) is 20.3. The molecule has 0 aliphatic carbocycles. The highest BCUT2D eigenvalue weighted by Crippen LogP contribution is 2.20. The molecule has 0 heterocycles. The minimum Gasteiger partial charge on any atom is -0.493 e. The number of carbonyl (C=O) groups is 1. The van der Waals surface area contributed by atoms with Crippen molar-refractivity contribution >= 4 is 16.8 Å². The molecule has 0 aromatic heterocycles. The smallest absolute Gasteiger partial charge is 0.256 e. The monoisotopic (exact) mass is 408 g/mol. The summed E-state index contributed by atoms with van der Waals surface area (Å²) in [5, 5.41) is -0.456. The van der Waals surface area contributed by atoms with Gasteiger partial charge in [0.05, 0.1) is 12.2 Å². The van der Waals surface area contributed by atoms with Gasteiger partial charge in [0.15, 0.2) is 0 Å². The van der Waals surface area contributed by atoms with E-state index in [0.29, 0.717) is 17.9 Å². The Kier molecular flexibility index (Phi) is 16.1. The van der Waals surface area contributed by atoms with E-state index < -0.39 is 5.24 Å². The molecule has 0 unspecified atom stereocenters. The molecule has 1 rings (SSSR count). The summed E-state index contributed by atoms with van der Waals surface area (Å²) < 4.78 is 5.71. The van der Waals surface area contributed by atoms with Crippen molar-refractivity contribution in [3.8, 4) is 5.75 Å². The van der Waals surface area contributed by atoms with Crippen LogP contribution >= 0.6 is 11.6 Å². The summed E-state index contributed by atoms with van der Waals surface area (Å²) in [5.41, 5.74) is 0.459. The molecule has 0 bridgehead atoms. The van der Waals surface area contributed by atoms with Crippen LogP contribution in [0.5, 0.6) is 5.75 Å². The number of benzene rings is 1. The molecule has 0 aliphatic rings. The lowest BCUT2D eigenvalue weighted by molar-refractivity contribution is 0.107. The van der Waals surface area contributed by atoms with Crippen molar-refractivity contribution < 1.29 is 9.53 Å². The van der Waals surface area contributed by atoms with Crippen LogP contribution in [-0.2, 0) is 0 Å². The normalized spacial score (nSPS) is 10.9. The molecule has 1 aromatic rings. The standard InChI is InChI=1S/C25H41ClO2/c1-2-3-4-5-6-7-8-9-10-11-12-13-14-15-16-19-22-28-24-21-18-17-20-23(24)25(26)27/h17-18,20-21H,2-16,19,22H2,1H3. The van der Waals surface area contributed by atoms with E-state index in [9.17, 15) is 4.79 Å². The maximum atomic E-state index is 11.3. The summed E-state index contributed by atoms with van der Waals surface area (Å²) >= 11 is 5.57. The van der Waals surface area contributed by atoms with E-state index in [2.05, 4.69) is 6.92 Å². The molecule has 0 fully saturated rings. The van der Waals surface area contributed by atoms with Gasteiger partial charge in [-0.3, -0.25) is 4.79 Å². The Morgan fingerprint density at radius 3 is 1.61 bits per heavy atom. The van der Waals surface area contributed by atoms with Crippen molar-refractivity contribution in [1.29, 1.82) is 0 Å². The fraction of sp³-hybridized carbons (Fsp3) is 0.720. The maximum Gasteiger partial charge on any atom is 0.256 e. The lowest BCUT2D eigenvalue weighted by atomic mass is 10.0. The molecule has 3 heteroatoms. The second-order valence-electron chi connectivity index (χ2n) is 7.92. The van der Waals surface area contributed by atoms with Crippen LogP contribution in [0.2, 0.25) is 0 Å². The number of hydrogen-bond donors (Lipinski definition) is 0. The predicted octanol–water partition coefficient (Wildman–Crippen LogP) is 8.71. The SMILES string of the molecule is CCCCCCCCCCCCCCCCCCOc1ccccc1C(=O)Cl. The van der Waals surface area contributed by atoms with E-state index in [0.717, 1.165) is 6.42 Å². The molecule has 160 valence electrons. The number of ether oxygens (including phenoxy) is 1. The van der Waals surface area contributed by atoms with Gasteiger partial charge in [-0.2, -0.15) is 0 Å². The number of carbonyl (C=O) groups excluding carboxylic acids is 1. The molecule has 0 aliphatic heterocycles. The number of hydrogen-bond acceptors (Lipinski definition) is 2. The Balaban J connectivity index is 1.83. The molecule has 0 saturated carbocycles. The van der Waals surface area contributed by atoms with E-state index in [-0.39, 0.29) is 0 Å². The highest BCUT2D eigenvalue weighted by molar-refractivity contribution is 6.68. The highest BCUT2D eigenvalue weighted by atomic mass is 35.5. The van der Waals surface area contributed by atoms with Gasteiger partial charge in [0.1, 0.15) is 5.75 Å². The van der Waals surface area contributed by atoms with Gasteiger partial charge in [0.25, 0.3) is 5.24 Å². The largest absolute Gasteiger partial charge is 0.493 e. The van der Waals surface area contributed by atoms with Gasteiger partial charge in [0, 0.05) is 0 Å². The van der Waals surface area contributed by atoms with Crippen molar-refractivity contribution in [2.45, 2.75) is 110 Å². The summed E-state index contributed by atoms with van der Waals surface area (Å²) in [6.07, 6.45) is 21.8. The molecule has 0 spiro atoms. The average Bonchev–Trinajstić information content (AvgIpc) is 2.70. The Hall–Kier alpha value is -1.02. The van der Waals surface area contributed by atoms with Crippen LogP contribution in [-0.4, -0.2) is 11.8 Å². The molecular weight excluding hydrogens is 368 g/mol. The minimum atomic E-state index is -0.456. The molecule has 0 radical (unpaired) electrons. The Labute approximate surface area is 178 Å². The minimum absolute atomic E-state index is 0.456. The van der Waals surface area contributed by atoms with Crippen LogP contribution in [0.15, 0.2) is 24.3 Å². The Bertz CT molecular complexity index is 501. The lowest BCUT2D eigenvalue weighted by Crippen LogP contribution is -2.01. The first-order chi connectivity index (χ1) is 13.8. The molecule has 0 atom stereocenters. The number of unbranched alkanes of at least 4 members (excludes halogenated alkanes) is 15. The Morgan fingerprint density at radius 1 is 0.714 bits per heavy atom. The number of rotatable bonds is 19. The van der Waals surface area contributed by atoms with Crippen LogP contribution in [0.25, 0.3) is 0 Å². The summed E-state index contributed by atoms with van der Waals surface area (Å²) in [7, 11) is 0. The van der Waals surface area contributed by atoms with E-state index in [1.165, 1.54) is 96.3 Å². The zero-order valence-corrected chi connectivity index (χ0v) is 18.8. The van der Waals surface area contributed by atoms with E-state index >= 15 is 0 Å². The molecule has 0 amide bonds. The van der Waals surface area contributed by atoms with Crippen molar-refractivity contribution in [1.82, 2.24) is 0 Å². The summed E-state index contributed by atoms with van der Waals surface area (Å²) in [6.45, 7) is 2.93. The molecule has 28 heavy (non-hydrogen) atoms. The fourth-order valence-corrected chi connectivity index (χ4v) is 3.74. The van der Waals surface area contributed by atoms with Crippen LogP contribution in [0.1, 0.15) is 120 Å². The topological polar surface area (TPSA) is 26.3 Å². The average molecular weight is 409 g/mol. The first kappa shape index (κ1) is 25.0. The summed E-state index contributed by atoms with van der Waals surface area (Å²) in [5.74, 6) is 0.600. The van der Waals surface area contributed by atoms with Crippen LogP contribution in [0.3, 0.4) is 0 Å². The van der Waals surface area contributed by atoms with Gasteiger partial charge in [-0.25, -0.2) is 0 Å². The predicted molar refractivity (Wildman–Crippen MR) is 122 cm³/mol. The van der Waals surface area contributed by atoms with Crippen LogP contribution in [0.4, 0.5) is 0 Å². The van der Waals surface area contributed by atoms with E-state index in [1.54, 1.807) is 12.1 Å². The zero-order valence-electron chi connectivity index (χ0n) is 18.0. The summed E-state index contributed by atoms with van der Waals surface area (Å²) in [6, 6.07) is 7.18. The van der Waals surface area contributed by atoms with Crippen molar-refractivity contribution in [2.24, 2.45) is 0 Å². The van der Waals surface area contributed by atoms with E-state index in [4.69, 9.17) is 16.3 Å². The Morgan fingerprint density at radius 2 is 1.14 bits per heavy atom. The molecule has 2 nitrogen and oxygen atoms in total. The second kappa shape index (κ2) is 18.0.